The summed E-state index contributed by atoms with van der Waals surface area (Å²) in [6.07, 6.45) is 1.70. The number of hydrogen-bond donors (Lipinski definition) is 1. The molecule has 35 heavy (non-hydrogen) atoms. The van der Waals surface area contributed by atoms with E-state index >= 15 is 0 Å². The predicted octanol–water partition coefficient (Wildman–Crippen LogP) is 3.91. The number of imide groups is 1. The molecule has 0 aliphatic carbocycles. The van der Waals surface area contributed by atoms with E-state index in [-0.39, 0.29) is 23.8 Å². The van der Waals surface area contributed by atoms with Gasteiger partial charge in [-0.15, -0.1) is 0 Å². The molecule has 3 fully saturated rings. The molecule has 3 aromatic carbocycles. The van der Waals surface area contributed by atoms with Crippen LogP contribution >= 0.6 is 0 Å². The smallest absolute Gasteiger partial charge is 0.250 e. The van der Waals surface area contributed by atoms with E-state index in [1.165, 1.54) is 4.90 Å². The van der Waals surface area contributed by atoms with Gasteiger partial charge in [-0.05, 0) is 61.9 Å². The molecular weight excluding hydrogens is 442 g/mol. The summed E-state index contributed by atoms with van der Waals surface area (Å²) in [5.74, 6) is -0.696. The fourth-order valence-electron chi connectivity index (χ4n) is 6.70. The average Bonchev–Trinajstić information content (AvgIpc) is 3.59. The Morgan fingerprint density at radius 2 is 1.54 bits per heavy atom. The Labute approximate surface area is 202 Å². The topological polar surface area (TPSA) is 79.0 Å². The molecule has 3 amide bonds. The lowest BCUT2D eigenvalue weighted by Gasteiger charge is -2.36. The van der Waals surface area contributed by atoms with E-state index in [1.807, 2.05) is 54.6 Å². The van der Waals surface area contributed by atoms with Gasteiger partial charge in [0.2, 0.25) is 17.7 Å². The summed E-state index contributed by atoms with van der Waals surface area (Å²) in [6, 6.07) is 23.8. The van der Waals surface area contributed by atoms with Crippen LogP contribution in [0.1, 0.15) is 18.4 Å². The molecule has 7 nitrogen and oxygen atoms in total. The number of ether oxygens (including phenoxy) is 1. The molecule has 4 heterocycles. The lowest BCUT2D eigenvalue weighted by atomic mass is 9.75. The van der Waals surface area contributed by atoms with Gasteiger partial charge in [0.1, 0.15) is 17.0 Å². The first-order valence-corrected chi connectivity index (χ1v) is 12.0. The van der Waals surface area contributed by atoms with Crippen LogP contribution in [0.4, 0.5) is 11.4 Å². The van der Waals surface area contributed by atoms with E-state index in [0.717, 1.165) is 24.1 Å². The number of carbonyl (C=O) groups is 3. The van der Waals surface area contributed by atoms with Crippen LogP contribution in [0.25, 0.3) is 0 Å². The molecule has 174 valence electrons. The summed E-state index contributed by atoms with van der Waals surface area (Å²) in [5, 5.41) is 3.00. The van der Waals surface area contributed by atoms with Crippen LogP contribution in [0.3, 0.4) is 0 Å². The molecule has 0 bridgehead atoms. The number of nitrogens with one attached hydrogen (secondary N) is 1. The number of amides is 3. The monoisotopic (exact) mass is 465 g/mol. The van der Waals surface area contributed by atoms with Crippen molar-refractivity contribution in [3.05, 3.63) is 84.4 Å². The standard InChI is InChI=1S/C28H23N3O4/c32-25-23-22-11-6-16-30(22)28(20-9-4-5-10-21(20)29-27(28)34)24(23)26(33)31(25)17-12-14-19(15-13-17)35-18-7-2-1-3-8-18/h1-5,7-10,12-15,22-24H,6,11,16H2,(H,29,34)/t22-,23-,24+,28?/m0/s1. The molecule has 7 heteroatoms. The van der Waals surface area contributed by atoms with Crippen molar-refractivity contribution >= 4 is 29.1 Å². The molecule has 4 aliphatic rings. The summed E-state index contributed by atoms with van der Waals surface area (Å²) in [7, 11) is 0. The average molecular weight is 466 g/mol. The third-order valence-corrected chi connectivity index (χ3v) is 7.97. The molecule has 0 aromatic heterocycles. The summed E-state index contributed by atoms with van der Waals surface area (Å²) >= 11 is 0. The Bertz CT molecular complexity index is 1370. The number of hydrogen-bond acceptors (Lipinski definition) is 5. The van der Waals surface area contributed by atoms with Gasteiger partial charge in [0.15, 0.2) is 0 Å². The number of carbonyl (C=O) groups excluding carboxylic acids is 3. The molecule has 3 saturated heterocycles. The highest BCUT2D eigenvalue weighted by Crippen LogP contribution is 2.60. The van der Waals surface area contributed by atoms with Crippen molar-refractivity contribution in [2.45, 2.75) is 24.4 Å². The second-order valence-corrected chi connectivity index (χ2v) is 9.59. The molecule has 3 aromatic rings. The number of rotatable bonds is 3. The molecule has 0 saturated carbocycles. The van der Waals surface area contributed by atoms with Crippen molar-refractivity contribution in [3.63, 3.8) is 0 Å². The number of para-hydroxylation sites is 2. The van der Waals surface area contributed by atoms with E-state index in [1.54, 1.807) is 24.3 Å². The van der Waals surface area contributed by atoms with Crippen LogP contribution in [0.2, 0.25) is 0 Å². The third kappa shape index (κ3) is 2.61. The normalized spacial score (nSPS) is 28.9. The van der Waals surface area contributed by atoms with Gasteiger partial charge >= 0.3 is 0 Å². The maximum absolute atomic E-state index is 14.0. The minimum atomic E-state index is -1.14. The Hall–Kier alpha value is -3.97. The highest BCUT2D eigenvalue weighted by Gasteiger charge is 2.74. The van der Waals surface area contributed by atoms with Crippen LogP contribution in [-0.4, -0.2) is 35.2 Å². The van der Waals surface area contributed by atoms with Gasteiger partial charge in [0, 0.05) is 17.3 Å². The first kappa shape index (κ1) is 20.4. The van der Waals surface area contributed by atoms with Gasteiger partial charge in [-0.2, -0.15) is 0 Å². The highest BCUT2D eigenvalue weighted by molar-refractivity contribution is 6.25. The largest absolute Gasteiger partial charge is 0.457 e. The summed E-state index contributed by atoms with van der Waals surface area (Å²) in [4.78, 5) is 44.8. The molecule has 7 rings (SSSR count). The fourth-order valence-corrected chi connectivity index (χ4v) is 6.70. The number of benzene rings is 3. The van der Waals surface area contributed by atoms with E-state index in [0.29, 0.717) is 23.7 Å². The lowest BCUT2D eigenvalue weighted by molar-refractivity contribution is -0.135. The van der Waals surface area contributed by atoms with Gasteiger partial charge < -0.3 is 10.1 Å². The molecular formula is C28H23N3O4. The molecule has 1 unspecified atom stereocenters. The van der Waals surface area contributed by atoms with Gasteiger partial charge in [-0.3, -0.25) is 19.3 Å². The maximum Gasteiger partial charge on any atom is 0.250 e. The second-order valence-electron chi connectivity index (χ2n) is 9.59. The second kappa shape index (κ2) is 7.26. The van der Waals surface area contributed by atoms with Gasteiger partial charge in [-0.25, -0.2) is 4.90 Å². The SMILES string of the molecule is O=C1[C@H]2[C@@H]3CCCN3C3(C(=O)Nc4ccccc43)[C@H]2C(=O)N1c1ccc(Oc2ccccc2)cc1. The molecule has 0 radical (unpaired) electrons. The van der Waals surface area contributed by atoms with Gasteiger partial charge in [0.05, 0.1) is 17.5 Å². The Kier molecular flexibility index (Phi) is 4.23. The van der Waals surface area contributed by atoms with Crippen LogP contribution in [-0.2, 0) is 19.9 Å². The number of fused-ring (bicyclic) bond motifs is 7. The summed E-state index contributed by atoms with van der Waals surface area (Å²) in [5.41, 5.74) is 0.894. The molecule has 4 aliphatic heterocycles. The Morgan fingerprint density at radius 3 is 2.34 bits per heavy atom. The first-order valence-electron chi connectivity index (χ1n) is 12.0. The van der Waals surface area contributed by atoms with Crippen molar-refractivity contribution in [1.29, 1.82) is 0 Å². The first-order chi connectivity index (χ1) is 17.1. The highest BCUT2D eigenvalue weighted by atomic mass is 16.5. The number of nitrogens with zero attached hydrogens (tertiary/aromatic N) is 2. The van der Waals surface area contributed by atoms with Crippen molar-refractivity contribution in [2.75, 3.05) is 16.8 Å². The van der Waals surface area contributed by atoms with E-state index in [2.05, 4.69) is 10.2 Å². The van der Waals surface area contributed by atoms with Crippen LogP contribution in [0.5, 0.6) is 11.5 Å². The third-order valence-electron chi connectivity index (χ3n) is 7.97. The van der Waals surface area contributed by atoms with Gasteiger partial charge in [0.25, 0.3) is 0 Å². The quantitative estimate of drug-likeness (QED) is 0.594. The summed E-state index contributed by atoms with van der Waals surface area (Å²) in [6.45, 7) is 0.700. The van der Waals surface area contributed by atoms with Crippen LogP contribution in [0, 0.1) is 11.8 Å². The van der Waals surface area contributed by atoms with Gasteiger partial charge in [-0.1, -0.05) is 36.4 Å². The van der Waals surface area contributed by atoms with Crippen molar-refractivity contribution in [3.8, 4) is 11.5 Å². The molecule has 4 atom stereocenters. The van der Waals surface area contributed by atoms with Crippen molar-refractivity contribution in [2.24, 2.45) is 11.8 Å². The van der Waals surface area contributed by atoms with Crippen LogP contribution in [0.15, 0.2) is 78.9 Å². The van der Waals surface area contributed by atoms with E-state index in [4.69, 9.17) is 4.74 Å². The zero-order chi connectivity index (χ0) is 23.7. The number of anilines is 2. The van der Waals surface area contributed by atoms with Crippen LogP contribution < -0.4 is 15.0 Å². The minimum absolute atomic E-state index is 0.126. The minimum Gasteiger partial charge on any atom is -0.457 e. The van der Waals surface area contributed by atoms with E-state index in [9.17, 15) is 14.4 Å². The fraction of sp³-hybridized carbons (Fsp3) is 0.250. The Balaban J connectivity index is 1.27. The Morgan fingerprint density at radius 1 is 0.829 bits per heavy atom. The predicted molar refractivity (Wildman–Crippen MR) is 129 cm³/mol. The van der Waals surface area contributed by atoms with E-state index < -0.39 is 17.4 Å². The van der Waals surface area contributed by atoms with Crippen molar-refractivity contribution in [1.82, 2.24) is 4.90 Å². The molecule has 1 N–H and O–H groups in total. The maximum atomic E-state index is 14.0. The van der Waals surface area contributed by atoms with Crippen molar-refractivity contribution < 1.29 is 19.1 Å². The zero-order valence-electron chi connectivity index (χ0n) is 18.9. The summed E-state index contributed by atoms with van der Waals surface area (Å²) < 4.78 is 5.86. The zero-order valence-corrected chi connectivity index (χ0v) is 18.9. The lowest BCUT2D eigenvalue weighted by Crippen LogP contribution is -2.54. The molecule has 1 spiro atoms.